The highest BCUT2D eigenvalue weighted by molar-refractivity contribution is 7.97. The third kappa shape index (κ3) is 5.21. The summed E-state index contributed by atoms with van der Waals surface area (Å²) in [7, 11) is -1.27. The minimum absolute atomic E-state index is 0.224. The molecule has 0 saturated heterocycles. The van der Waals surface area contributed by atoms with Crippen LogP contribution in [0.4, 0.5) is 5.69 Å². The van der Waals surface area contributed by atoms with E-state index in [2.05, 4.69) is 32.8 Å². The molecule has 1 aromatic carbocycles. The Labute approximate surface area is 171 Å². The van der Waals surface area contributed by atoms with E-state index in [1.54, 1.807) is 18.4 Å². The number of ether oxygens (including phenoxy) is 1. The topological polar surface area (TPSA) is 68.6 Å². The minimum Gasteiger partial charge on any atom is -0.464 e. The number of aromatic nitrogens is 1. The summed E-state index contributed by atoms with van der Waals surface area (Å²) in [5.74, 6) is 5.93. The van der Waals surface area contributed by atoms with Crippen molar-refractivity contribution >= 4 is 21.4 Å². The number of allylic oxidation sites excluding steroid dienone is 3. The van der Waals surface area contributed by atoms with Gasteiger partial charge in [-0.05, 0) is 42.7 Å². The van der Waals surface area contributed by atoms with Gasteiger partial charge in [0.25, 0.3) is 0 Å². The summed E-state index contributed by atoms with van der Waals surface area (Å²) in [4.78, 5) is 16.3. The molecule has 29 heavy (non-hydrogen) atoms. The molecule has 1 heterocycles. The van der Waals surface area contributed by atoms with Crippen molar-refractivity contribution in [2.45, 2.75) is 13.3 Å². The van der Waals surface area contributed by atoms with Crippen molar-refractivity contribution in [3.8, 4) is 11.8 Å². The second-order valence-corrected chi connectivity index (χ2v) is 9.03. The van der Waals surface area contributed by atoms with Crippen LogP contribution in [-0.2, 0) is 14.5 Å². The van der Waals surface area contributed by atoms with Crippen molar-refractivity contribution in [2.75, 3.05) is 13.4 Å². The number of rotatable bonds is 3. The van der Waals surface area contributed by atoms with E-state index in [0.29, 0.717) is 22.7 Å². The number of hydrogen-bond donors (Lipinski definition) is 0. The van der Waals surface area contributed by atoms with E-state index in [0.717, 1.165) is 11.3 Å². The third-order valence-corrected chi connectivity index (χ3v) is 6.04. The molecule has 0 fully saturated rings. The van der Waals surface area contributed by atoms with Gasteiger partial charge in [0.05, 0.1) is 28.1 Å². The first-order valence-electron chi connectivity index (χ1n) is 9.15. The largest absolute Gasteiger partial charge is 0.464 e. The fourth-order valence-electron chi connectivity index (χ4n) is 2.79. The summed E-state index contributed by atoms with van der Waals surface area (Å²) >= 11 is 0. The summed E-state index contributed by atoms with van der Waals surface area (Å²) in [6, 6.07) is 10.6. The zero-order chi connectivity index (χ0) is 20.9. The van der Waals surface area contributed by atoms with Gasteiger partial charge in [0.2, 0.25) is 0 Å². The summed E-state index contributed by atoms with van der Waals surface area (Å²) in [5, 5.41) is 0. The van der Waals surface area contributed by atoms with Gasteiger partial charge in [0, 0.05) is 22.9 Å². The van der Waals surface area contributed by atoms with Gasteiger partial charge in [0.1, 0.15) is 5.69 Å². The Balaban J connectivity index is 1.93. The number of nitrogens with zero attached hydrogens (tertiary/aromatic N) is 2. The molecule has 1 aliphatic rings. The van der Waals surface area contributed by atoms with Gasteiger partial charge in [-0.3, -0.25) is 0 Å². The molecule has 6 heteroatoms. The van der Waals surface area contributed by atoms with Crippen molar-refractivity contribution in [1.29, 1.82) is 0 Å². The molecule has 0 bridgehead atoms. The molecule has 2 atom stereocenters. The molecule has 1 aromatic heterocycles. The molecule has 0 amide bonds. The van der Waals surface area contributed by atoms with E-state index >= 15 is 0 Å². The van der Waals surface area contributed by atoms with Crippen molar-refractivity contribution in [1.82, 2.24) is 4.98 Å². The molecular formula is C23H22N2O3S. The summed E-state index contributed by atoms with van der Waals surface area (Å²) in [6.45, 7) is 2.10. The maximum absolute atomic E-state index is 13.2. The highest BCUT2D eigenvalue weighted by Gasteiger charge is 2.13. The second kappa shape index (κ2) is 8.89. The summed E-state index contributed by atoms with van der Waals surface area (Å²) < 4.78 is 22.4. The second-order valence-electron chi connectivity index (χ2n) is 6.77. The first-order valence-corrected chi connectivity index (χ1v) is 11.1. The highest BCUT2D eigenvalue weighted by Crippen LogP contribution is 2.26. The lowest BCUT2D eigenvalue weighted by molar-refractivity contribution is 0.0594. The Morgan fingerprint density at radius 3 is 2.72 bits per heavy atom. The molecular weight excluding hydrogens is 384 g/mol. The first kappa shape index (κ1) is 20.6. The van der Waals surface area contributed by atoms with Crippen LogP contribution in [0.5, 0.6) is 0 Å². The van der Waals surface area contributed by atoms with Crippen LogP contribution in [-0.4, -0.2) is 28.5 Å². The Kier molecular flexibility index (Phi) is 6.30. The normalized spacial score (nSPS) is 17.3. The Bertz CT molecular complexity index is 1160. The first-order chi connectivity index (χ1) is 13.9. The van der Waals surface area contributed by atoms with Crippen LogP contribution < -0.4 is 0 Å². The zero-order valence-electron chi connectivity index (χ0n) is 16.6. The van der Waals surface area contributed by atoms with E-state index in [9.17, 15) is 9.00 Å². The Hall–Kier alpha value is -3.17. The number of carbonyl (C=O) groups is 1. The van der Waals surface area contributed by atoms with E-state index in [1.807, 2.05) is 42.5 Å². The lowest BCUT2D eigenvalue weighted by Gasteiger charge is -2.13. The van der Waals surface area contributed by atoms with Gasteiger partial charge in [0.15, 0.2) is 0 Å². The number of pyridine rings is 1. The summed E-state index contributed by atoms with van der Waals surface area (Å²) in [5.41, 5.74) is 2.13. The molecule has 5 nitrogen and oxygen atoms in total. The third-order valence-electron chi connectivity index (χ3n) is 4.35. The summed E-state index contributed by atoms with van der Waals surface area (Å²) in [6.07, 6.45) is 10.1. The molecule has 0 radical (unpaired) electrons. The number of carbonyl (C=O) groups excluding carboxylic acids is 1. The van der Waals surface area contributed by atoms with Gasteiger partial charge in [-0.1, -0.05) is 43.0 Å². The van der Waals surface area contributed by atoms with E-state index in [4.69, 9.17) is 0 Å². The Morgan fingerprint density at radius 1 is 1.24 bits per heavy atom. The van der Waals surface area contributed by atoms with Gasteiger partial charge in [-0.15, -0.1) is 0 Å². The standard InChI is InChI=1S/C23H22N2O3S/c1-17-7-6-9-20(15-17)29(3,27)25-21-10-5-4-8-19(21)13-11-18-12-14-22(24-16-18)23(26)28-2/h4-6,8-10,12,14-17H,7H2,1-3H3. The fourth-order valence-corrected chi connectivity index (χ4v) is 4.26. The maximum Gasteiger partial charge on any atom is 0.356 e. The lowest BCUT2D eigenvalue weighted by atomic mass is 10.0. The van der Waals surface area contributed by atoms with Crippen LogP contribution >= 0.6 is 0 Å². The fraction of sp³-hybridized carbons (Fsp3) is 0.217. The van der Waals surface area contributed by atoms with E-state index < -0.39 is 15.7 Å². The predicted molar refractivity (Wildman–Crippen MR) is 115 cm³/mol. The van der Waals surface area contributed by atoms with Crippen LogP contribution in [0, 0.1) is 17.8 Å². The molecule has 0 saturated carbocycles. The Morgan fingerprint density at radius 2 is 2.03 bits per heavy atom. The van der Waals surface area contributed by atoms with Gasteiger partial charge in [-0.2, -0.15) is 4.36 Å². The van der Waals surface area contributed by atoms with Gasteiger partial charge < -0.3 is 4.74 Å². The maximum atomic E-state index is 13.2. The van der Waals surface area contributed by atoms with Crippen LogP contribution in [0.25, 0.3) is 0 Å². The van der Waals surface area contributed by atoms with E-state index in [1.165, 1.54) is 13.3 Å². The van der Waals surface area contributed by atoms with Crippen LogP contribution in [0.3, 0.4) is 0 Å². The average molecular weight is 407 g/mol. The molecule has 0 aliphatic heterocycles. The van der Waals surface area contributed by atoms with E-state index in [-0.39, 0.29) is 5.69 Å². The quantitative estimate of drug-likeness (QED) is 0.557. The van der Waals surface area contributed by atoms with Crippen molar-refractivity contribution in [3.63, 3.8) is 0 Å². The molecule has 3 rings (SSSR count). The zero-order valence-corrected chi connectivity index (χ0v) is 17.4. The highest BCUT2D eigenvalue weighted by atomic mass is 32.2. The van der Waals surface area contributed by atoms with Crippen LogP contribution in [0.2, 0.25) is 0 Å². The SMILES string of the molecule is COC(=O)c1ccc(C#Cc2ccccc2N=S(C)(=O)C2=CC(C)CC=C2)cn1. The monoisotopic (exact) mass is 406 g/mol. The lowest BCUT2D eigenvalue weighted by Crippen LogP contribution is -2.04. The molecule has 1 aliphatic carbocycles. The van der Waals surface area contributed by atoms with Crippen LogP contribution in [0.1, 0.15) is 35.0 Å². The van der Waals surface area contributed by atoms with Crippen molar-refractivity contribution in [3.05, 3.63) is 82.5 Å². The smallest absolute Gasteiger partial charge is 0.356 e. The minimum atomic E-state index is -2.58. The van der Waals surface area contributed by atoms with Crippen molar-refractivity contribution in [2.24, 2.45) is 10.3 Å². The van der Waals surface area contributed by atoms with Crippen LogP contribution in [0.15, 0.2) is 70.1 Å². The molecule has 2 unspecified atom stereocenters. The molecule has 148 valence electrons. The number of benzene rings is 1. The molecule has 2 aromatic rings. The number of hydrogen-bond acceptors (Lipinski definition) is 5. The van der Waals surface area contributed by atoms with Gasteiger partial charge >= 0.3 is 5.97 Å². The van der Waals surface area contributed by atoms with Gasteiger partial charge in [-0.25, -0.2) is 14.0 Å². The number of esters is 1. The van der Waals surface area contributed by atoms with Crippen molar-refractivity contribution < 1.29 is 13.7 Å². The molecule has 0 spiro atoms. The predicted octanol–water partition coefficient (Wildman–Crippen LogP) is 4.48. The number of methoxy groups -OCH3 is 1. The average Bonchev–Trinajstić information content (AvgIpc) is 2.73. The molecule has 0 N–H and O–H groups in total.